The number of aliphatic hydroxyl groups is 1. The normalized spacial score (nSPS) is 13.5. The molecule has 0 bridgehead atoms. The van der Waals surface area contributed by atoms with Gasteiger partial charge in [-0.15, -0.1) is 11.6 Å². The van der Waals surface area contributed by atoms with Crippen LogP contribution in [0, 0.1) is 0 Å². The van der Waals surface area contributed by atoms with Gasteiger partial charge in [-0.3, -0.25) is 0 Å². The van der Waals surface area contributed by atoms with Gasteiger partial charge in [0.1, 0.15) is 0 Å². The summed E-state index contributed by atoms with van der Waals surface area (Å²) in [7, 11) is 0. The Balaban J connectivity index is 2.77. The molecule has 1 rings (SSSR count). The molecule has 0 fully saturated rings. The first-order valence-electron chi connectivity index (χ1n) is 5.62. The van der Waals surface area contributed by atoms with Crippen molar-refractivity contribution in [2.75, 3.05) is 17.7 Å². The van der Waals surface area contributed by atoms with Gasteiger partial charge in [-0.25, -0.2) is 0 Å². The average Bonchev–Trinajstić information content (AvgIpc) is 2.25. The quantitative estimate of drug-likeness (QED) is 0.828. The summed E-state index contributed by atoms with van der Waals surface area (Å²) < 4.78 is 1.01. The van der Waals surface area contributed by atoms with Crippen LogP contribution < -0.4 is 5.32 Å². The lowest BCUT2D eigenvalue weighted by Gasteiger charge is -2.20. The maximum atomic E-state index is 9.38. The van der Waals surface area contributed by atoms with Crippen LogP contribution in [0.4, 0.5) is 5.69 Å². The Morgan fingerprint density at radius 3 is 2.53 bits per heavy atom. The fraction of sp³-hybridized carbons (Fsp3) is 0.538. The highest BCUT2D eigenvalue weighted by molar-refractivity contribution is 9.10. The summed E-state index contributed by atoms with van der Waals surface area (Å²) in [5.41, 5.74) is 2.38. The van der Waals surface area contributed by atoms with E-state index in [1.54, 1.807) is 0 Å². The topological polar surface area (TPSA) is 32.3 Å². The molecule has 4 heteroatoms. The number of rotatable bonds is 4. The van der Waals surface area contributed by atoms with E-state index in [-0.39, 0.29) is 11.3 Å². The molecule has 0 aromatic heterocycles. The van der Waals surface area contributed by atoms with Gasteiger partial charge in [0.15, 0.2) is 0 Å². The van der Waals surface area contributed by atoms with Gasteiger partial charge in [-0.2, -0.15) is 0 Å². The number of hydrogen-bond acceptors (Lipinski definition) is 2. The van der Waals surface area contributed by atoms with Crippen LogP contribution in [0.2, 0.25) is 0 Å². The Bertz CT molecular complexity index is 376. The number of anilines is 1. The van der Waals surface area contributed by atoms with E-state index in [0.29, 0.717) is 6.54 Å². The van der Waals surface area contributed by atoms with E-state index in [9.17, 15) is 5.11 Å². The molecule has 0 aliphatic heterocycles. The summed E-state index contributed by atoms with van der Waals surface area (Å²) in [5, 5.41) is 12.5. The van der Waals surface area contributed by atoms with Gasteiger partial charge in [0.25, 0.3) is 0 Å². The van der Waals surface area contributed by atoms with Crippen molar-refractivity contribution < 1.29 is 5.11 Å². The maximum absolute atomic E-state index is 9.38. The summed E-state index contributed by atoms with van der Waals surface area (Å²) in [4.78, 5) is 0. The summed E-state index contributed by atoms with van der Waals surface area (Å²) in [6, 6.07) is 6.22. The number of hydrogen-bond donors (Lipinski definition) is 2. The second kappa shape index (κ2) is 6.07. The first-order chi connectivity index (χ1) is 7.84. The SMILES string of the molecule is CC(C)(C)c1ccc(NCC(O)CCl)c(Br)c1. The molecule has 0 heterocycles. The molecule has 0 saturated heterocycles. The van der Waals surface area contributed by atoms with E-state index in [1.807, 2.05) is 6.07 Å². The van der Waals surface area contributed by atoms with Crippen molar-refractivity contribution in [3.63, 3.8) is 0 Å². The van der Waals surface area contributed by atoms with Gasteiger partial charge >= 0.3 is 0 Å². The number of benzene rings is 1. The minimum absolute atomic E-state index is 0.136. The molecule has 17 heavy (non-hydrogen) atoms. The highest BCUT2D eigenvalue weighted by Gasteiger charge is 2.14. The Kier molecular flexibility index (Phi) is 5.29. The molecule has 1 aromatic rings. The smallest absolute Gasteiger partial charge is 0.0847 e. The zero-order valence-electron chi connectivity index (χ0n) is 10.4. The van der Waals surface area contributed by atoms with E-state index in [0.717, 1.165) is 10.2 Å². The Hall–Kier alpha value is -0.250. The largest absolute Gasteiger partial charge is 0.390 e. The number of nitrogens with one attached hydrogen (secondary N) is 1. The van der Waals surface area contributed by atoms with Crippen LogP contribution >= 0.6 is 27.5 Å². The van der Waals surface area contributed by atoms with Gasteiger partial charge in [0.2, 0.25) is 0 Å². The minimum Gasteiger partial charge on any atom is -0.390 e. The molecule has 0 amide bonds. The monoisotopic (exact) mass is 319 g/mol. The second-order valence-corrected chi connectivity index (χ2v) is 6.30. The molecule has 0 aliphatic rings. The molecule has 1 atom stereocenters. The van der Waals surface area contributed by atoms with Gasteiger partial charge < -0.3 is 10.4 Å². The van der Waals surface area contributed by atoms with Crippen molar-refractivity contribution >= 4 is 33.2 Å². The van der Waals surface area contributed by atoms with Crippen LogP contribution in [-0.4, -0.2) is 23.6 Å². The van der Waals surface area contributed by atoms with Gasteiger partial charge in [-0.05, 0) is 39.0 Å². The van der Waals surface area contributed by atoms with Crippen LogP contribution in [0.15, 0.2) is 22.7 Å². The van der Waals surface area contributed by atoms with E-state index in [1.165, 1.54) is 5.56 Å². The number of aliphatic hydroxyl groups excluding tert-OH is 1. The first-order valence-corrected chi connectivity index (χ1v) is 6.95. The summed E-state index contributed by atoms with van der Waals surface area (Å²) in [6.07, 6.45) is -0.522. The van der Waals surface area contributed by atoms with E-state index in [2.05, 4.69) is 54.2 Å². The standard InChI is InChI=1S/C13H19BrClNO/c1-13(2,3)9-4-5-12(11(14)6-9)16-8-10(17)7-15/h4-6,10,16-17H,7-8H2,1-3H3. The van der Waals surface area contributed by atoms with Gasteiger partial charge in [0, 0.05) is 16.7 Å². The van der Waals surface area contributed by atoms with Crippen molar-refractivity contribution in [2.24, 2.45) is 0 Å². The third-order valence-corrected chi connectivity index (χ3v) is 3.55. The molecule has 96 valence electrons. The zero-order chi connectivity index (χ0) is 13.1. The van der Waals surface area contributed by atoms with Crippen molar-refractivity contribution in [3.05, 3.63) is 28.2 Å². The lowest BCUT2D eigenvalue weighted by Crippen LogP contribution is -2.21. The Morgan fingerprint density at radius 1 is 1.41 bits per heavy atom. The van der Waals surface area contributed by atoms with Crippen LogP contribution in [0.5, 0.6) is 0 Å². The fourth-order valence-corrected chi connectivity index (χ4v) is 2.04. The average molecular weight is 321 g/mol. The molecular weight excluding hydrogens is 302 g/mol. The number of halogens is 2. The van der Waals surface area contributed by atoms with Crippen LogP contribution in [0.3, 0.4) is 0 Å². The van der Waals surface area contributed by atoms with Crippen molar-refractivity contribution in [1.82, 2.24) is 0 Å². The molecule has 2 N–H and O–H groups in total. The molecule has 0 spiro atoms. The van der Waals surface area contributed by atoms with Crippen LogP contribution in [-0.2, 0) is 5.41 Å². The van der Waals surface area contributed by atoms with Crippen molar-refractivity contribution in [3.8, 4) is 0 Å². The second-order valence-electron chi connectivity index (χ2n) is 5.13. The van der Waals surface area contributed by atoms with Gasteiger partial charge in [0.05, 0.1) is 12.0 Å². The van der Waals surface area contributed by atoms with E-state index < -0.39 is 6.10 Å². The zero-order valence-corrected chi connectivity index (χ0v) is 12.8. The predicted octanol–water partition coefficient (Wildman–Crippen LogP) is 3.76. The molecule has 0 aliphatic carbocycles. The maximum Gasteiger partial charge on any atom is 0.0847 e. The molecule has 0 radical (unpaired) electrons. The molecule has 0 saturated carbocycles. The van der Waals surface area contributed by atoms with E-state index >= 15 is 0 Å². The predicted molar refractivity (Wildman–Crippen MR) is 78.1 cm³/mol. The molecule has 1 aromatic carbocycles. The minimum atomic E-state index is -0.522. The Labute approximate surface area is 117 Å². The molecule has 1 unspecified atom stereocenters. The highest BCUT2D eigenvalue weighted by Crippen LogP contribution is 2.29. The number of alkyl halides is 1. The third-order valence-electron chi connectivity index (χ3n) is 2.54. The lowest BCUT2D eigenvalue weighted by atomic mass is 9.87. The van der Waals surface area contributed by atoms with E-state index in [4.69, 9.17) is 11.6 Å². The molecule has 2 nitrogen and oxygen atoms in total. The first kappa shape index (κ1) is 14.8. The van der Waals surface area contributed by atoms with Gasteiger partial charge in [-0.1, -0.05) is 26.8 Å². The van der Waals surface area contributed by atoms with Crippen LogP contribution in [0.1, 0.15) is 26.3 Å². The Morgan fingerprint density at radius 2 is 2.06 bits per heavy atom. The summed E-state index contributed by atoms with van der Waals surface area (Å²) >= 11 is 9.08. The summed E-state index contributed by atoms with van der Waals surface area (Å²) in [6.45, 7) is 6.99. The highest BCUT2D eigenvalue weighted by atomic mass is 79.9. The third kappa shape index (κ3) is 4.49. The van der Waals surface area contributed by atoms with Crippen LogP contribution in [0.25, 0.3) is 0 Å². The van der Waals surface area contributed by atoms with Crippen molar-refractivity contribution in [1.29, 1.82) is 0 Å². The van der Waals surface area contributed by atoms with Crippen molar-refractivity contribution in [2.45, 2.75) is 32.3 Å². The lowest BCUT2D eigenvalue weighted by molar-refractivity contribution is 0.211. The summed E-state index contributed by atoms with van der Waals surface area (Å²) in [5.74, 6) is 0.241. The molecular formula is C13H19BrClNO. The fourth-order valence-electron chi connectivity index (χ4n) is 1.41.